The van der Waals surface area contributed by atoms with E-state index >= 15 is 0 Å². The molecule has 0 amide bonds. The van der Waals surface area contributed by atoms with Crippen molar-refractivity contribution in [1.82, 2.24) is 25.3 Å². The number of hydrogen-bond donors (Lipinski definition) is 0. The van der Waals surface area contributed by atoms with Gasteiger partial charge in [0.1, 0.15) is 6.67 Å². The van der Waals surface area contributed by atoms with Crippen molar-refractivity contribution in [3.63, 3.8) is 0 Å². The molecule has 0 N–H and O–H groups in total. The summed E-state index contributed by atoms with van der Waals surface area (Å²) in [5, 5.41) is 15.3. The third-order valence-corrected chi connectivity index (χ3v) is 3.51. The average molecular weight is 347 g/mol. The van der Waals surface area contributed by atoms with Crippen molar-refractivity contribution >= 4 is 5.97 Å². The van der Waals surface area contributed by atoms with Gasteiger partial charge in [0.25, 0.3) is 0 Å². The lowest BCUT2D eigenvalue weighted by molar-refractivity contribution is -0.145. The van der Waals surface area contributed by atoms with E-state index in [1.807, 2.05) is 31.2 Å². The fourth-order valence-electron chi connectivity index (χ4n) is 2.28. The summed E-state index contributed by atoms with van der Waals surface area (Å²) in [6.07, 6.45) is 3.05. The van der Waals surface area contributed by atoms with Gasteiger partial charge in [-0.2, -0.15) is 0 Å². The van der Waals surface area contributed by atoms with Crippen molar-refractivity contribution in [2.45, 2.75) is 26.3 Å². The Morgan fingerprint density at radius 2 is 2.08 bits per heavy atom. The van der Waals surface area contributed by atoms with Gasteiger partial charge in [-0.05, 0) is 18.1 Å². The first-order valence-corrected chi connectivity index (χ1v) is 8.26. The Hall–Kier alpha value is -2.48. The molecule has 0 aliphatic carbocycles. The minimum Gasteiger partial charge on any atom is -0.465 e. The van der Waals surface area contributed by atoms with Crippen LogP contribution < -0.4 is 0 Å². The second kappa shape index (κ2) is 10.4. The van der Waals surface area contributed by atoms with E-state index in [0.717, 1.165) is 24.0 Å². The van der Waals surface area contributed by atoms with E-state index in [9.17, 15) is 9.18 Å². The van der Waals surface area contributed by atoms with Gasteiger partial charge in [-0.15, -0.1) is 20.4 Å². The standard InChI is InChI=1S/C17H22FN5O2/c1-2-3-9-25-16(24)12-23(8-7-18)11-14-5-4-6-15(10-14)17-21-19-13-20-22-17/h4-6,10,13H,2-3,7-9,11-12H2,1H3. The molecular formula is C17H22FN5O2. The Kier molecular flexibility index (Phi) is 7.84. The van der Waals surface area contributed by atoms with Crippen LogP contribution in [0.2, 0.25) is 0 Å². The van der Waals surface area contributed by atoms with Crippen LogP contribution >= 0.6 is 0 Å². The van der Waals surface area contributed by atoms with Gasteiger partial charge in [0, 0.05) is 18.7 Å². The van der Waals surface area contributed by atoms with Crippen LogP contribution in [0.25, 0.3) is 11.4 Å². The third kappa shape index (κ3) is 6.50. The zero-order valence-corrected chi connectivity index (χ0v) is 14.3. The monoisotopic (exact) mass is 347 g/mol. The maximum absolute atomic E-state index is 12.8. The Morgan fingerprint density at radius 1 is 1.28 bits per heavy atom. The molecule has 25 heavy (non-hydrogen) atoms. The summed E-state index contributed by atoms with van der Waals surface area (Å²) >= 11 is 0. The number of carbonyl (C=O) groups excluding carboxylic acids is 1. The van der Waals surface area contributed by atoms with E-state index < -0.39 is 6.67 Å². The van der Waals surface area contributed by atoms with Crippen LogP contribution in [0.4, 0.5) is 4.39 Å². The quantitative estimate of drug-likeness (QED) is 0.480. The first-order valence-electron chi connectivity index (χ1n) is 8.26. The van der Waals surface area contributed by atoms with Crippen molar-refractivity contribution < 1.29 is 13.9 Å². The maximum Gasteiger partial charge on any atom is 0.320 e. The fraction of sp³-hybridized carbons (Fsp3) is 0.471. The molecule has 0 spiro atoms. The van der Waals surface area contributed by atoms with Crippen LogP contribution in [0.3, 0.4) is 0 Å². The van der Waals surface area contributed by atoms with Crippen molar-refractivity contribution in [1.29, 1.82) is 0 Å². The van der Waals surface area contributed by atoms with Crippen molar-refractivity contribution in [2.75, 3.05) is 26.4 Å². The van der Waals surface area contributed by atoms with Gasteiger partial charge in [-0.3, -0.25) is 9.69 Å². The zero-order chi connectivity index (χ0) is 17.9. The van der Waals surface area contributed by atoms with Crippen molar-refractivity contribution in [2.24, 2.45) is 0 Å². The number of esters is 1. The predicted octanol–water partition coefficient (Wildman–Crippen LogP) is 2.05. The summed E-state index contributed by atoms with van der Waals surface area (Å²) in [6, 6.07) is 7.49. The molecule has 0 fully saturated rings. The van der Waals surface area contributed by atoms with Gasteiger partial charge in [-0.1, -0.05) is 31.5 Å². The molecule has 0 saturated heterocycles. The molecule has 0 aliphatic rings. The number of unbranched alkanes of at least 4 members (excludes halogenated alkanes) is 1. The second-order valence-electron chi connectivity index (χ2n) is 5.54. The van der Waals surface area contributed by atoms with Gasteiger partial charge >= 0.3 is 5.97 Å². The largest absolute Gasteiger partial charge is 0.465 e. The van der Waals surface area contributed by atoms with Gasteiger partial charge < -0.3 is 4.74 Å². The summed E-state index contributed by atoms with van der Waals surface area (Å²) in [6.45, 7) is 2.55. The van der Waals surface area contributed by atoms with Gasteiger partial charge in [0.05, 0.1) is 13.2 Å². The van der Waals surface area contributed by atoms with E-state index in [2.05, 4.69) is 20.4 Å². The normalized spacial score (nSPS) is 10.8. The summed E-state index contributed by atoms with van der Waals surface area (Å²) in [4.78, 5) is 13.6. The molecule has 0 radical (unpaired) electrons. The van der Waals surface area contributed by atoms with Crippen LogP contribution in [0.15, 0.2) is 30.6 Å². The van der Waals surface area contributed by atoms with Crippen LogP contribution in [0, 0.1) is 0 Å². The maximum atomic E-state index is 12.8. The number of carbonyl (C=O) groups is 1. The molecule has 1 aromatic heterocycles. The Labute approximate surface area is 146 Å². The van der Waals surface area contributed by atoms with E-state index in [1.54, 1.807) is 4.90 Å². The minimum atomic E-state index is -0.530. The number of aromatic nitrogens is 4. The third-order valence-electron chi connectivity index (χ3n) is 3.51. The number of alkyl halides is 1. The molecule has 1 aromatic carbocycles. The smallest absolute Gasteiger partial charge is 0.320 e. The van der Waals surface area contributed by atoms with Crippen molar-refractivity contribution in [3.8, 4) is 11.4 Å². The van der Waals surface area contributed by atoms with E-state index in [0.29, 0.717) is 19.0 Å². The lowest BCUT2D eigenvalue weighted by Crippen LogP contribution is -2.32. The second-order valence-corrected chi connectivity index (χ2v) is 5.54. The molecule has 1 heterocycles. The highest BCUT2D eigenvalue weighted by Gasteiger charge is 2.13. The average Bonchev–Trinajstić information content (AvgIpc) is 2.63. The van der Waals surface area contributed by atoms with Crippen LogP contribution in [0.5, 0.6) is 0 Å². The molecule has 0 saturated carbocycles. The van der Waals surface area contributed by atoms with Gasteiger partial charge in [-0.25, -0.2) is 4.39 Å². The zero-order valence-electron chi connectivity index (χ0n) is 14.3. The number of hydrogen-bond acceptors (Lipinski definition) is 7. The highest BCUT2D eigenvalue weighted by Crippen LogP contribution is 2.16. The number of nitrogens with zero attached hydrogens (tertiary/aromatic N) is 5. The molecule has 0 unspecified atom stereocenters. The summed E-state index contributed by atoms with van der Waals surface area (Å²) in [5.41, 5.74) is 1.68. The summed E-state index contributed by atoms with van der Waals surface area (Å²) in [5.74, 6) is 0.0817. The number of halogens is 1. The molecule has 2 aromatic rings. The molecule has 0 atom stereocenters. The Morgan fingerprint density at radius 3 is 2.80 bits per heavy atom. The Bertz CT molecular complexity index is 656. The van der Waals surface area contributed by atoms with Crippen LogP contribution in [0.1, 0.15) is 25.3 Å². The molecule has 134 valence electrons. The van der Waals surface area contributed by atoms with Crippen LogP contribution in [-0.4, -0.2) is 57.6 Å². The van der Waals surface area contributed by atoms with E-state index in [4.69, 9.17) is 4.74 Å². The topological polar surface area (TPSA) is 81.1 Å². The molecule has 0 bridgehead atoms. The first-order chi connectivity index (χ1) is 12.2. The van der Waals surface area contributed by atoms with E-state index in [1.165, 1.54) is 6.33 Å². The van der Waals surface area contributed by atoms with E-state index in [-0.39, 0.29) is 19.1 Å². The molecule has 7 nitrogen and oxygen atoms in total. The molecule has 0 aliphatic heterocycles. The molecule has 2 rings (SSSR count). The number of ether oxygens (including phenoxy) is 1. The highest BCUT2D eigenvalue weighted by molar-refractivity contribution is 5.71. The summed E-state index contributed by atoms with van der Waals surface area (Å²) in [7, 11) is 0. The first kappa shape index (κ1) is 18.9. The lowest BCUT2D eigenvalue weighted by Gasteiger charge is -2.20. The Balaban J connectivity index is 2.00. The van der Waals surface area contributed by atoms with Gasteiger partial charge in [0.15, 0.2) is 6.33 Å². The molecule has 8 heteroatoms. The predicted molar refractivity (Wildman–Crippen MR) is 90.2 cm³/mol. The highest BCUT2D eigenvalue weighted by atomic mass is 19.1. The SMILES string of the molecule is CCCCOC(=O)CN(CCF)Cc1cccc(-c2nncnn2)c1. The number of rotatable bonds is 10. The number of benzene rings is 1. The fourth-order valence-corrected chi connectivity index (χ4v) is 2.28. The summed E-state index contributed by atoms with van der Waals surface area (Å²) < 4.78 is 18.0. The lowest BCUT2D eigenvalue weighted by atomic mass is 10.1. The van der Waals surface area contributed by atoms with Crippen LogP contribution in [-0.2, 0) is 16.1 Å². The molecular weight excluding hydrogens is 325 g/mol. The minimum absolute atomic E-state index is 0.0583. The van der Waals surface area contributed by atoms with Crippen molar-refractivity contribution in [3.05, 3.63) is 36.2 Å². The van der Waals surface area contributed by atoms with Gasteiger partial charge in [0.2, 0.25) is 5.82 Å².